The number of nitrogens with one attached hydrogen (secondary N) is 1. The number of aromatic nitrogens is 1. The number of benzene rings is 1. The summed E-state index contributed by atoms with van der Waals surface area (Å²) >= 11 is 1.72. The molecule has 3 aromatic rings. The summed E-state index contributed by atoms with van der Waals surface area (Å²) in [6.45, 7) is 2.63. The molecule has 0 aliphatic carbocycles. The molecule has 136 valence electrons. The number of nitrogens with zero attached hydrogens (tertiary/aromatic N) is 2. The van der Waals surface area contributed by atoms with E-state index >= 15 is 0 Å². The van der Waals surface area contributed by atoms with E-state index in [4.69, 9.17) is 4.42 Å². The van der Waals surface area contributed by atoms with Crippen molar-refractivity contribution in [3.63, 3.8) is 0 Å². The van der Waals surface area contributed by atoms with Crippen LogP contribution >= 0.6 is 11.3 Å². The lowest BCUT2D eigenvalue weighted by Crippen LogP contribution is -2.38. The summed E-state index contributed by atoms with van der Waals surface area (Å²) in [6, 6.07) is 11.5. The molecule has 2 aromatic heterocycles. The minimum absolute atomic E-state index is 0.0347. The molecule has 4 rings (SSSR count). The Labute approximate surface area is 155 Å². The van der Waals surface area contributed by atoms with Gasteiger partial charge in [-0.3, -0.25) is 14.3 Å². The standard InChI is InChI=1S/C19H21N3O3S/c23-18(13-22-14-6-1-2-7-16(14)25-19(22)24)20-12-15(17-8-5-11-26-17)21-9-3-4-10-21/h1-2,5-8,11,15H,3-4,9-10,12-13H2,(H,20,23). The number of para-hydroxylation sites is 2. The number of likely N-dealkylation sites (tertiary alicyclic amines) is 1. The first kappa shape index (κ1) is 17.1. The lowest BCUT2D eigenvalue weighted by molar-refractivity contribution is -0.121. The topological polar surface area (TPSA) is 67.5 Å². The molecule has 1 aliphatic rings. The van der Waals surface area contributed by atoms with Crippen molar-refractivity contribution in [2.24, 2.45) is 0 Å². The molecule has 1 fully saturated rings. The van der Waals surface area contributed by atoms with Crippen LogP contribution in [0.1, 0.15) is 23.8 Å². The average Bonchev–Trinajstić information content (AvgIpc) is 3.38. The zero-order chi connectivity index (χ0) is 17.9. The smallest absolute Gasteiger partial charge is 0.408 e. The van der Waals surface area contributed by atoms with Crippen LogP contribution in [0.3, 0.4) is 0 Å². The number of rotatable bonds is 6. The minimum atomic E-state index is -0.504. The third-order valence-corrected chi connectivity index (χ3v) is 5.79. The summed E-state index contributed by atoms with van der Waals surface area (Å²) in [6.07, 6.45) is 2.40. The molecule has 0 spiro atoms. The first-order valence-corrected chi connectivity index (χ1v) is 9.73. The van der Waals surface area contributed by atoms with Crippen LogP contribution in [0.2, 0.25) is 0 Å². The van der Waals surface area contributed by atoms with Gasteiger partial charge in [-0.25, -0.2) is 4.79 Å². The normalized spacial score (nSPS) is 16.2. The second kappa shape index (κ2) is 7.47. The van der Waals surface area contributed by atoms with Crippen molar-refractivity contribution in [3.8, 4) is 0 Å². The predicted molar refractivity (Wildman–Crippen MR) is 101 cm³/mol. The highest BCUT2D eigenvalue weighted by molar-refractivity contribution is 7.10. The number of hydrogen-bond acceptors (Lipinski definition) is 5. The molecule has 3 heterocycles. The van der Waals surface area contributed by atoms with Crippen molar-refractivity contribution in [1.29, 1.82) is 0 Å². The van der Waals surface area contributed by atoms with Gasteiger partial charge >= 0.3 is 5.76 Å². The highest BCUT2D eigenvalue weighted by Gasteiger charge is 2.24. The summed E-state index contributed by atoms with van der Waals surface area (Å²) in [7, 11) is 0. The van der Waals surface area contributed by atoms with Crippen LogP contribution in [-0.2, 0) is 11.3 Å². The van der Waals surface area contributed by atoms with Gasteiger partial charge in [-0.15, -0.1) is 11.3 Å². The summed E-state index contributed by atoms with van der Waals surface area (Å²) in [4.78, 5) is 28.2. The Hall–Kier alpha value is -2.38. The minimum Gasteiger partial charge on any atom is -0.408 e. The van der Waals surface area contributed by atoms with E-state index in [1.807, 2.05) is 12.1 Å². The molecule has 26 heavy (non-hydrogen) atoms. The van der Waals surface area contributed by atoms with E-state index in [2.05, 4.69) is 21.7 Å². The zero-order valence-electron chi connectivity index (χ0n) is 14.4. The number of fused-ring (bicyclic) bond motifs is 1. The van der Waals surface area contributed by atoms with E-state index in [1.165, 1.54) is 22.3 Å². The molecule has 7 heteroatoms. The number of hydrogen-bond donors (Lipinski definition) is 1. The third-order valence-electron chi connectivity index (χ3n) is 4.82. The van der Waals surface area contributed by atoms with Crippen molar-refractivity contribution < 1.29 is 9.21 Å². The predicted octanol–water partition coefficient (Wildman–Crippen LogP) is 2.61. The maximum atomic E-state index is 12.5. The number of carbonyl (C=O) groups is 1. The Morgan fingerprint density at radius 3 is 2.77 bits per heavy atom. The van der Waals surface area contributed by atoms with Gasteiger partial charge in [0.25, 0.3) is 0 Å². The van der Waals surface area contributed by atoms with Crippen molar-refractivity contribution in [2.75, 3.05) is 19.6 Å². The third kappa shape index (κ3) is 3.45. The lowest BCUT2D eigenvalue weighted by Gasteiger charge is -2.26. The molecule has 6 nitrogen and oxygen atoms in total. The molecule has 1 atom stereocenters. The van der Waals surface area contributed by atoms with Crippen molar-refractivity contribution >= 4 is 28.3 Å². The number of thiophene rings is 1. The van der Waals surface area contributed by atoms with E-state index in [0.29, 0.717) is 17.6 Å². The Bertz CT molecular complexity index is 939. The molecule has 1 N–H and O–H groups in total. The van der Waals surface area contributed by atoms with Crippen LogP contribution < -0.4 is 11.1 Å². The van der Waals surface area contributed by atoms with Crippen LogP contribution in [0, 0.1) is 0 Å². The SMILES string of the molecule is O=C(Cn1c(=O)oc2ccccc21)NCC(c1cccs1)N1CCCC1. The van der Waals surface area contributed by atoms with Crippen molar-refractivity contribution in [3.05, 3.63) is 57.2 Å². The van der Waals surface area contributed by atoms with Crippen molar-refractivity contribution in [1.82, 2.24) is 14.8 Å². The van der Waals surface area contributed by atoms with Gasteiger partial charge in [0.15, 0.2) is 5.58 Å². The highest BCUT2D eigenvalue weighted by Crippen LogP contribution is 2.27. The molecular formula is C19H21N3O3S. The van der Waals surface area contributed by atoms with Gasteiger partial charge in [0.1, 0.15) is 6.54 Å². The van der Waals surface area contributed by atoms with Crippen LogP contribution in [0.15, 0.2) is 51.0 Å². The number of amides is 1. The van der Waals surface area contributed by atoms with Gasteiger partial charge in [-0.2, -0.15) is 0 Å². The Morgan fingerprint density at radius 1 is 1.19 bits per heavy atom. The second-order valence-electron chi connectivity index (χ2n) is 6.50. The fourth-order valence-corrected chi connectivity index (χ4v) is 4.38. The molecule has 1 amide bonds. The van der Waals surface area contributed by atoms with Crippen LogP contribution in [0.5, 0.6) is 0 Å². The first-order chi connectivity index (χ1) is 12.7. The maximum Gasteiger partial charge on any atom is 0.420 e. The zero-order valence-corrected chi connectivity index (χ0v) is 15.2. The van der Waals surface area contributed by atoms with Gasteiger partial charge in [-0.05, 0) is 49.5 Å². The van der Waals surface area contributed by atoms with Gasteiger partial charge in [0.2, 0.25) is 5.91 Å². The number of oxazole rings is 1. The average molecular weight is 371 g/mol. The van der Waals surface area contributed by atoms with Crippen LogP contribution in [0.4, 0.5) is 0 Å². The Balaban J connectivity index is 1.45. The van der Waals surface area contributed by atoms with Gasteiger partial charge < -0.3 is 9.73 Å². The maximum absolute atomic E-state index is 12.5. The van der Waals surface area contributed by atoms with E-state index < -0.39 is 5.76 Å². The van der Waals surface area contributed by atoms with Crippen LogP contribution in [0.25, 0.3) is 11.1 Å². The summed E-state index contributed by atoms with van der Waals surface area (Å²) in [5, 5.41) is 5.07. The number of carbonyl (C=O) groups excluding carboxylic acids is 1. The molecule has 1 aliphatic heterocycles. The van der Waals surface area contributed by atoms with E-state index in [1.54, 1.807) is 29.5 Å². The van der Waals surface area contributed by atoms with Crippen molar-refractivity contribution in [2.45, 2.75) is 25.4 Å². The summed E-state index contributed by atoms with van der Waals surface area (Å²) < 4.78 is 6.56. The molecule has 0 saturated carbocycles. The van der Waals surface area contributed by atoms with Gasteiger partial charge in [0.05, 0.1) is 11.6 Å². The molecule has 1 saturated heterocycles. The Kier molecular flexibility index (Phi) is 4.90. The fraction of sp³-hybridized carbons (Fsp3) is 0.368. The highest BCUT2D eigenvalue weighted by atomic mass is 32.1. The quantitative estimate of drug-likeness (QED) is 0.723. The lowest BCUT2D eigenvalue weighted by atomic mass is 10.2. The van der Waals surface area contributed by atoms with Crippen LogP contribution in [-0.4, -0.2) is 35.0 Å². The summed E-state index contributed by atoms with van der Waals surface area (Å²) in [5.41, 5.74) is 1.14. The molecule has 0 bridgehead atoms. The van der Waals surface area contributed by atoms with E-state index in [-0.39, 0.29) is 18.5 Å². The monoisotopic (exact) mass is 371 g/mol. The van der Waals surface area contributed by atoms with E-state index in [9.17, 15) is 9.59 Å². The fourth-order valence-electron chi connectivity index (χ4n) is 3.52. The van der Waals surface area contributed by atoms with E-state index in [0.717, 1.165) is 13.1 Å². The summed E-state index contributed by atoms with van der Waals surface area (Å²) in [5.74, 6) is -0.685. The second-order valence-corrected chi connectivity index (χ2v) is 7.48. The molecule has 0 radical (unpaired) electrons. The first-order valence-electron chi connectivity index (χ1n) is 8.85. The van der Waals surface area contributed by atoms with Gasteiger partial charge in [-0.1, -0.05) is 18.2 Å². The molecule has 1 aromatic carbocycles. The van der Waals surface area contributed by atoms with Gasteiger partial charge in [0, 0.05) is 11.4 Å². The largest absolute Gasteiger partial charge is 0.420 e. The Morgan fingerprint density at radius 2 is 2.00 bits per heavy atom. The molecule has 1 unspecified atom stereocenters. The molecular weight excluding hydrogens is 350 g/mol.